The summed E-state index contributed by atoms with van der Waals surface area (Å²) in [6.07, 6.45) is 0.826. The van der Waals surface area contributed by atoms with E-state index in [9.17, 15) is 13.2 Å². The van der Waals surface area contributed by atoms with Gasteiger partial charge in [0.25, 0.3) is 0 Å². The van der Waals surface area contributed by atoms with Gasteiger partial charge < -0.3 is 9.64 Å². The lowest BCUT2D eigenvalue weighted by atomic mass is 10.2. The van der Waals surface area contributed by atoms with Gasteiger partial charge in [0.05, 0.1) is 18.4 Å². The number of fused-ring (bicyclic) bond motifs is 1. The molecule has 0 aromatic heterocycles. The van der Waals surface area contributed by atoms with Crippen molar-refractivity contribution in [3.63, 3.8) is 0 Å². The van der Waals surface area contributed by atoms with Gasteiger partial charge >= 0.3 is 5.97 Å². The Bertz CT molecular complexity index is 746. The fourth-order valence-electron chi connectivity index (χ4n) is 2.46. The third kappa shape index (κ3) is 3.94. The number of nitrogens with one attached hydrogen (secondary N) is 1. The molecule has 8 heteroatoms. The molecule has 1 aliphatic rings. The summed E-state index contributed by atoms with van der Waals surface area (Å²) >= 11 is 3.33. The number of anilines is 1. The molecular weight excluding hydrogens is 384 g/mol. The Hall–Kier alpha value is -1.38. The van der Waals surface area contributed by atoms with Crippen LogP contribution in [0.4, 0.5) is 5.69 Å². The number of allylic oxidation sites excluding steroid dienone is 1. The number of rotatable bonds is 6. The summed E-state index contributed by atoms with van der Waals surface area (Å²) in [4.78, 5) is 13.2. The zero-order chi connectivity index (χ0) is 17.2. The fraction of sp³-hybridized carbons (Fsp3) is 0.400. The second-order valence-electron chi connectivity index (χ2n) is 5.27. The van der Waals surface area contributed by atoms with Gasteiger partial charge in [0.1, 0.15) is 0 Å². The Kier molecular flexibility index (Phi) is 5.49. The van der Waals surface area contributed by atoms with E-state index in [0.717, 1.165) is 29.9 Å². The van der Waals surface area contributed by atoms with Crippen LogP contribution in [0.1, 0.15) is 18.9 Å². The van der Waals surface area contributed by atoms with Crippen LogP contribution >= 0.6 is 15.9 Å². The highest BCUT2D eigenvalue weighted by Crippen LogP contribution is 2.36. The van der Waals surface area contributed by atoms with Crippen LogP contribution in [-0.2, 0) is 26.0 Å². The molecule has 0 fully saturated rings. The van der Waals surface area contributed by atoms with E-state index in [1.165, 1.54) is 7.11 Å². The van der Waals surface area contributed by atoms with Gasteiger partial charge in [0.2, 0.25) is 10.0 Å². The molecule has 0 spiro atoms. The molecule has 0 saturated heterocycles. The van der Waals surface area contributed by atoms with E-state index >= 15 is 0 Å². The molecule has 6 nitrogen and oxygen atoms in total. The lowest BCUT2D eigenvalue weighted by molar-refractivity contribution is -0.140. The Morgan fingerprint density at radius 2 is 2.17 bits per heavy atom. The molecule has 0 amide bonds. The Morgan fingerprint density at radius 1 is 1.48 bits per heavy atom. The number of carbonyl (C=O) groups excluding carboxylic acids is 1. The van der Waals surface area contributed by atoms with Crippen LogP contribution in [0.5, 0.6) is 0 Å². The lowest BCUT2D eigenvalue weighted by Gasteiger charge is -2.20. The zero-order valence-corrected chi connectivity index (χ0v) is 15.5. The second kappa shape index (κ2) is 7.02. The van der Waals surface area contributed by atoms with Gasteiger partial charge in [-0.2, -0.15) is 0 Å². The van der Waals surface area contributed by atoms with Crippen molar-refractivity contribution in [2.45, 2.75) is 24.7 Å². The molecule has 1 heterocycles. The molecule has 1 aromatic carbocycles. The van der Waals surface area contributed by atoms with Crippen LogP contribution in [0.2, 0.25) is 0 Å². The monoisotopic (exact) mass is 402 g/mol. The van der Waals surface area contributed by atoms with Gasteiger partial charge in [-0.25, -0.2) is 13.1 Å². The van der Waals surface area contributed by atoms with Crippen LogP contribution in [-0.4, -0.2) is 34.6 Å². The van der Waals surface area contributed by atoms with Crippen molar-refractivity contribution in [2.24, 2.45) is 0 Å². The van der Waals surface area contributed by atoms with Crippen molar-refractivity contribution in [3.05, 3.63) is 34.4 Å². The number of hydrogen-bond donors (Lipinski definition) is 1. The topological polar surface area (TPSA) is 75.7 Å². The minimum absolute atomic E-state index is 0.0112. The molecule has 1 N–H and O–H groups in total. The van der Waals surface area contributed by atoms with Crippen molar-refractivity contribution in [1.82, 2.24) is 4.72 Å². The van der Waals surface area contributed by atoms with E-state index in [1.54, 1.807) is 6.07 Å². The molecule has 0 aliphatic carbocycles. The van der Waals surface area contributed by atoms with Gasteiger partial charge in [-0.05, 0) is 47.0 Å². The van der Waals surface area contributed by atoms with Crippen molar-refractivity contribution in [2.75, 3.05) is 25.1 Å². The van der Waals surface area contributed by atoms with Gasteiger partial charge in [0, 0.05) is 28.9 Å². The summed E-state index contributed by atoms with van der Waals surface area (Å²) < 4.78 is 32.3. The number of nitrogens with zero attached hydrogens (tertiary/aromatic N) is 1. The van der Waals surface area contributed by atoms with Crippen LogP contribution in [0, 0.1) is 0 Å². The molecule has 2 rings (SSSR count). The number of ether oxygens (including phenoxy) is 1. The molecule has 1 aromatic rings. The zero-order valence-electron chi connectivity index (χ0n) is 13.1. The smallest absolute Gasteiger partial charge is 0.306 e. The molecule has 23 heavy (non-hydrogen) atoms. The number of esters is 1. The summed E-state index contributed by atoms with van der Waals surface area (Å²) in [7, 11) is -2.46. The average molecular weight is 403 g/mol. The molecular formula is C15H19BrN2O4S. The van der Waals surface area contributed by atoms with Crippen LogP contribution in [0.3, 0.4) is 0 Å². The van der Waals surface area contributed by atoms with E-state index in [-0.39, 0.29) is 17.9 Å². The van der Waals surface area contributed by atoms with Crippen molar-refractivity contribution in [1.29, 1.82) is 0 Å². The Labute approximate surface area is 144 Å². The van der Waals surface area contributed by atoms with Crippen LogP contribution < -0.4 is 9.62 Å². The highest BCUT2D eigenvalue weighted by atomic mass is 79.9. The molecule has 0 atom stereocenters. The van der Waals surface area contributed by atoms with E-state index in [2.05, 4.69) is 32.0 Å². The van der Waals surface area contributed by atoms with Crippen LogP contribution in [0.25, 0.3) is 0 Å². The first-order chi connectivity index (χ1) is 10.8. The summed E-state index contributed by atoms with van der Waals surface area (Å²) in [5.74, 6) is -0.464. The van der Waals surface area contributed by atoms with E-state index in [4.69, 9.17) is 0 Å². The maximum Gasteiger partial charge on any atom is 0.306 e. The minimum atomic E-state index is -3.73. The predicted octanol–water partition coefficient (Wildman–Crippen LogP) is 2.19. The lowest BCUT2D eigenvalue weighted by Crippen LogP contribution is -2.27. The molecule has 0 radical (unpaired) electrons. The van der Waals surface area contributed by atoms with E-state index < -0.39 is 16.0 Å². The molecule has 1 aliphatic heterocycles. The van der Waals surface area contributed by atoms with E-state index in [0.29, 0.717) is 4.47 Å². The number of benzene rings is 1. The first-order valence-corrected chi connectivity index (χ1v) is 9.36. The fourth-order valence-corrected chi connectivity index (χ4v) is 4.60. The third-order valence-corrected chi connectivity index (χ3v) is 6.05. The molecule has 0 unspecified atom stereocenters. The van der Waals surface area contributed by atoms with Gasteiger partial charge in [-0.3, -0.25) is 4.79 Å². The maximum atomic E-state index is 12.5. The first kappa shape index (κ1) is 18.0. The number of carbonyl (C=O) groups is 1. The highest BCUT2D eigenvalue weighted by Gasteiger charge is 2.26. The van der Waals surface area contributed by atoms with Gasteiger partial charge in [-0.15, -0.1) is 0 Å². The first-order valence-electron chi connectivity index (χ1n) is 7.08. The summed E-state index contributed by atoms with van der Waals surface area (Å²) in [6.45, 7) is 6.59. The third-order valence-electron chi connectivity index (χ3n) is 3.63. The standard InChI is InChI=1S/C15H19BrN2O4S/c1-10(2)18-7-5-11-8-12(16)14(9-13(11)18)23(20,21)17-6-4-15(19)22-3/h8-9,17H,1,4-7H2,2-3H3. The van der Waals surface area contributed by atoms with Crippen molar-refractivity contribution >= 4 is 37.6 Å². The largest absolute Gasteiger partial charge is 0.469 e. The van der Waals surface area contributed by atoms with Crippen molar-refractivity contribution < 1.29 is 17.9 Å². The summed E-state index contributed by atoms with van der Waals surface area (Å²) in [5, 5.41) is 0. The van der Waals surface area contributed by atoms with Gasteiger partial charge in [-0.1, -0.05) is 6.58 Å². The normalized spacial score (nSPS) is 13.8. The van der Waals surface area contributed by atoms with Crippen molar-refractivity contribution in [3.8, 4) is 0 Å². The number of halogens is 1. The Balaban J connectivity index is 2.27. The highest BCUT2D eigenvalue weighted by molar-refractivity contribution is 9.10. The Morgan fingerprint density at radius 3 is 2.78 bits per heavy atom. The predicted molar refractivity (Wildman–Crippen MR) is 91.8 cm³/mol. The molecule has 0 bridgehead atoms. The summed E-state index contributed by atoms with van der Waals surface area (Å²) in [6, 6.07) is 3.47. The SMILES string of the molecule is C=C(C)N1CCc2cc(Br)c(S(=O)(=O)NCCC(=O)OC)cc21. The van der Waals surface area contributed by atoms with Gasteiger partial charge in [0.15, 0.2) is 0 Å². The average Bonchev–Trinajstić information content (AvgIpc) is 2.88. The van der Waals surface area contributed by atoms with Crippen LogP contribution in [0.15, 0.2) is 33.8 Å². The number of hydrogen-bond acceptors (Lipinski definition) is 5. The quantitative estimate of drug-likeness (QED) is 0.737. The summed E-state index contributed by atoms with van der Waals surface area (Å²) in [5.41, 5.74) is 2.80. The minimum Gasteiger partial charge on any atom is -0.469 e. The van der Waals surface area contributed by atoms with E-state index in [1.807, 2.05) is 17.9 Å². The molecule has 126 valence electrons. The maximum absolute atomic E-state index is 12.5. The second-order valence-corrected chi connectivity index (χ2v) is 7.86. The molecule has 0 saturated carbocycles. The number of methoxy groups -OCH3 is 1. The number of sulfonamides is 1.